The van der Waals surface area contributed by atoms with E-state index in [4.69, 9.17) is 20.8 Å². The number of halogens is 1. The Bertz CT molecular complexity index is 1640. The van der Waals surface area contributed by atoms with Crippen LogP contribution in [0, 0.1) is 0 Å². The third kappa shape index (κ3) is 8.64. The van der Waals surface area contributed by atoms with E-state index in [2.05, 4.69) is 25.9 Å². The molecule has 4 aromatic rings. The number of thioether (sulfide) groups is 1. The van der Waals surface area contributed by atoms with Crippen molar-refractivity contribution >= 4 is 46.9 Å². The second kappa shape index (κ2) is 15.6. The van der Waals surface area contributed by atoms with Crippen LogP contribution in [0.2, 0.25) is 5.02 Å². The molecule has 0 aliphatic carbocycles. The minimum absolute atomic E-state index is 0.191. The molecule has 0 bridgehead atoms. The van der Waals surface area contributed by atoms with Crippen molar-refractivity contribution in [3.8, 4) is 17.1 Å². The number of unbranched alkanes of at least 4 members (excludes halogenated alkanes) is 2. The molecule has 1 aliphatic heterocycles. The predicted molar refractivity (Wildman–Crippen MR) is 171 cm³/mol. The lowest BCUT2D eigenvalue weighted by atomic mass is 10.1. The van der Waals surface area contributed by atoms with E-state index in [1.807, 2.05) is 30.5 Å². The molecule has 45 heavy (non-hydrogen) atoms. The lowest BCUT2D eigenvalue weighted by Crippen LogP contribution is -2.49. The van der Waals surface area contributed by atoms with E-state index in [0.29, 0.717) is 54.6 Å². The number of carbonyl (C=O) groups excluding carboxylic acids is 3. The van der Waals surface area contributed by atoms with Crippen LogP contribution < -0.4 is 20.3 Å². The van der Waals surface area contributed by atoms with Gasteiger partial charge in [0, 0.05) is 48.4 Å². The number of rotatable bonds is 15. The van der Waals surface area contributed by atoms with E-state index >= 15 is 0 Å². The number of aryl methyl sites for hydroxylation is 2. The summed E-state index contributed by atoms with van der Waals surface area (Å²) in [6, 6.07) is 12.6. The maximum absolute atomic E-state index is 12.7. The lowest BCUT2D eigenvalue weighted by molar-refractivity contribution is -0.120. The Labute approximate surface area is 269 Å². The van der Waals surface area contributed by atoms with Crippen molar-refractivity contribution in [3.63, 3.8) is 0 Å². The molecule has 1 saturated heterocycles. The fourth-order valence-electron chi connectivity index (χ4n) is 4.84. The number of methoxy groups -OCH3 is 1. The Hall–Kier alpha value is -4.36. The number of nitrogens with zero attached hydrogens (tertiary/aromatic N) is 5. The highest BCUT2D eigenvalue weighted by molar-refractivity contribution is 7.99. The Morgan fingerprint density at radius 2 is 2.04 bits per heavy atom. The van der Waals surface area contributed by atoms with Gasteiger partial charge in [0.1, 0.15) is 5.75 Å². The number of urea groups is 1. The fourth-order valence-corrected chi connectivity index (χ4v) is 6.06. The normalized spacial score (nSPS) is 13.2. The average Bonchev–Trinajstić information content (AvgIpc) is 3.71. The van der Waals surface area contributed by atoms with E-state index in [9.17, 15) is 14.4 Å². The number of oxazole rings is 1. The molecule has 12 nitrogen and oxygen atoms in total. The second-order valence-corrected chi connectivity index (χ2v) is 11.9. The molecular weight excluding hydrogens is 618 g/mol. The summed E-state index contributed by atoms with van der Waals surface area (Å²) >= 11 is 7.98. The molecule has 5 rings (SSSR count). The third-order valence-corrected chi connectivity index (χ3v) is 8.54. The highest BCUT2D eigenvalue weighted by Crippen LogP contribution is 2.31. The number of ether oxygens (including phenoxy) is 1. The number of carbonyl (C=O) groups is 3. The summed E-state index contributed by atoms with van der Waals surface area (Å²) in [5.41, 5.74) is 2.57. The SMILES string of the molecule is COc1ccc(-c2ocnc2C(=O)NCCCn2cc(CCCCCSc3cccc(N4CCC(=O)NC4=O)c3)nn2)cc1Cl. The molecule has 236 valence electrons. The first-order valence-corrected chi connectivity index (χ1v) is 16.1. The van der Waals surface area contributed by atoms with Crippen molar-refractivity contribution in [1.29, 1.82) is 0 Å². The molecule has 2 aromatic heterocycles. The monoisotopic (exact) mass is 651 g/mol. The summed E-state index contributed by atoms with van der Waals surface area (Å²) in [5, 5.41) is 14.2. The van der Waals surface area contributed by atoms with Crippen molar-refractivity contribution in [2.75, 3.05) is 30.9 Å². The van der Waals surface area contributed by atoms with Crippen molar-refractivity contribution in [3.05, 3.63) is 71.5 Å². The molecule has 1 fully saturated rings. The topological polar surface area (TPSA) is 144 Å². The average molecular weight is 652 g/mol. The molecule has 0 radical (unpaired) electrons. The van der Waals surface area contributed by atoms with Gasteiger partial charge < -0.3 is 14.5 Å². The number of aromatic nitrogens is 4. The Morgan fingerprint density at radius 1 is 1.16 bits per heavy atom. The molecule has 2 aromatic carbocycles. The van der Waals surface area contributed by atoms with E-state index in [1.54, 1.807) is 39.5 Å². The van der Waals surface area contributed by atoms with Gasteiger partial charge in [0.25, 0.3) is 5.91 Å². The van der Waals surface area contributed by atoms with Crippen molar-refractivity contribution in [2.24, 2.45) is 0 Å². The summed E-state index contributed by atoms with van der Waals surface area (Å²) in [6.07, 6.45) is 8.16. The van der Waals surface area contributed by atoms with Crippen LogP contribution >= 0.6 is 23.4 Å². The molecule has 0 unspecified atom stereocenters. The summed E-state index contributed by atoms with van der Waals surface area (Å²) in [5.74, 6) is 1.28. The summed E-state index contributed by atoms with van der Waals surface area (Å²) in [4.78, 5) is 43.1. The second-order valence-electron chi connectivity index (χ2n) is 10.4. The Balaban J connectivity index is 0.972. The Kier molecular flexibility index (Phi) is 11.1. The molecular formula is C31H34ClN7O5S. The number of hydrogen-bond donors (Lipinski definition) is 2. The minimum atomic E-state index is -0.369. The van der Waals surface area contributed by atoms with E-state index in [-0.39, 0.29) is 23.5 Å². The maximum Gasteiger partial charge on any atom is 0.328 e. The van der Waals surface area contributed by atoms with Crippen LogP contribution in [-0.4, -0.2) is 63.8 Å². The summed E-state index contributed by atoms with van der Waals surface area (Å²) in [7, 11) is 1.53. The van der Waals surface area contributed by atoms with Gasteiger partial charge in [-0.15, -0.1) is 16.9 Å². The maximum atomic E-state index is 12.7. The van der Waals surface area contributed by atoms with Crippen LogP contribution in [0.3, 0.4) is 0 Å². The zero-order chi connectivity index (χ0) is 31.6. The zero-order valence-corrected chi connectivity index (χ0v) is 26.4. The van der Waals surface area contributed by atoms with Crippen LogP contribution in [-0.2, 0) is 17.8 Å². The number of imide groups is 1. The first-order chi connectivity index (χ1) is 21.9. The quantitative estimate of drug-likeness (QED) is 0.128. The van der Waals surface area contributed by atoms with Gasteiger partial charge in [-0.05, 0) is 67.8 Å². The van der Waals surface area contributed by atoms with Gasteiger partial charge in [0.05, 0.1) is 17.8 Å². The third-order valence-electron chi connectivity index (χ3n) is 7.16. The largest absolute Gasteiger partial charge is 0.495 e. The number of benzene rings is 2. The van der Waals surface area contributed by atoms with Crippen molar-refractivity contribution < 1.29 is 23.5 Å². The van der Waals surface area contributed by atoms with Crippen LogP contribution in [0.1, 0.15) is 48.3 Å². The molecule has 3 heterocycles. The molecule has 4 amide bonds. The fraction of sp³-hybridized carbons (Fsp3) is 0.355. The van der Waals surface area contributed by atoms with E-state index in [0.717, 1.165) is 47.7 Å². The Morgan fingerprint density at radius 3 is 2.87 bits per heavy atom. The van der Waals surface area contributed by atoms with Crippen LogP contribution in [0.4, 0.5) is 10.5 Å². The summed E-state index contributed by atoms with van der Waals surface area (Å²) < 4.78 is 12.4. The number of anilines is 1. The molecule has 1 aliphatic rings. The van der Waals surface area contributed by atoms with Crippen LogP contribution in [0.15, 0.2) is 64.4 Å². The van der Waals surface area contributed by atoms with Gasteiger partial charge in [0.15, 0.2) is 17.8 Å². The van der Waals surface area contributed by atoms with Gasteiger partial charge >= 0.3 is 6.03 Å². The predicted octanol–water partition coefficient (Wildman–Crippen LogP) is 5.37. The zero-order valence-electron chi connectivity index (χ0n) is 24.8. The van der Waals surface area contributed by atoms with Crippen molar-refractivity contribution in [1.82, 2.24) is 30.6 Å². The standard InChI is InChI=1S/C31H34ClN7O5S/c1-43-26-11-10-21(17-25(26)32)29-28(34-20-44-29)30(41)33-13-6-14-38-19-22(36-37-38)7-3-2-4-16-45-24-9-5-8-23(18-24)39-15-12-27(40)35-31(39)42/h5,8-11,17-20H,2-4,6-7,12-16H2,1H3,(H,33,41)(H,35,40,42). The van der Waals surface area contributed by atoms with Gasteiger partial charge in [-0.2, -0.15) is 0 Å². The molecule has 0 spiro atoms. The van der Waals surface area contributed by atoms with Gasteiger partial charge in [-0.25, -0.2) is 9.78 Å². The highest BCUT2D eigenvalue weighted by atomic mass is 35.5. The first kappa shape index (κ1) is 32.0. The molecule has 0 saturated carbocycles. The van der Waals surface area contributed by atoms with Crippen LogP contribution in [0.5, 0.6) is 5.75 Å². The smallest absolute Gasteiger partial charge is 0.328 e. The minimum Gasteiger partial charge on any atom is -0.495 e. The van der Waals surface area contributed by atoms with E-state index < -0.39 is 0 Å². The number of amides is 4. The number of hydrogen-bond acceptors (Lipinski definition) is 9. The van der Waals surface area contributed by atoms with Gasteiger partial charge in [0.2, 0.25) is 5.91 Å². The van der Waals surface area contributed by atoms with Crippen LogP contribution in [0.25, 0.3) is 11.3 Å². The molecule has 2 N–H and O–H groups in total. The van der Waals surface area contributed by atoms with Gasteiger partial charge in [-0.1, -0.05) is 29.3 Å². The molecule has 14 heteroatoms. The first-order valence-electron chi connectivity index (χ1n) is 14.7. The highest BCUT2D eigenvalue weighted by Gasteiger charge is 2.24. The summed E-state index contributed by atoms with van der Waals surface area (Å²) in [6.45, 7) is 1.46. The van der Waals surface area contributed by atoms with Crippen molar-refractivity contribution in [2.45, 2.75) is 50.0 Å². The van der Waals surface area contributed by atoms with Gasteiger partial charge in [-0.3, -0.25) is 24.5 Å². The van der Waals surface area contributed by atoms with E-state index in [1.165, 1.54) is 13.5 Å². The number of nitrogens with one attached hydrogen (secondary N) is 2. The molecule has 0 atom stereocenters. The lowest BCUT2D eigenvalue weighted by Gasteiger charge is -2.26.